The molecule has 2 aliphatic rings. The summed E-state index contributed by atoms with van der Waals surface area (Å²) < 4.78 is 4.21. The average Bonchev–Trinajstić information content (AvgIpc) is 3.60. The third kappa shape index (κ3) is 3.30. The Morgan fingerprint density at radius 1 is 0.541 bits per heavy atom. The Labute approximate surface area is 240 Å². The summed E-state index contributed by atoms with van der Waals surface area (Å²) >= 11 is 6.33. The summed E-state index contributed by atoms with van der Waals surface area (Å²) in [5.41, 5.74) is 9.09. The molecule has 0 radical (unpaired) electrons. The lowest BCUT2D eigenvalue weighted by atomic mass is 9.81. The first-order chi connectivity index (χ1) is 17.8. The standard InChI is InChI=1S/C17H13IS.C17H14S/c1-17(2)12-8-4-3-6-10(12)16-14(17)11-7-5-9-13(18)15(11)19-16;1-17(2)13-9-5-3-7-11(13)16-15(17)12-8-4-6-10-14(12)18-16/h3-9H,1-2H3;3-10H,1-2H3. The topological polar surface area (TPSA) is 0 Å². The summed E-state index contributed by atoms with van der Waals surface area (Å²) in [5.74, 6) is 0. The van der Waals surface area contributed by atoms with Gasteiger partial charge in [0.1, 0.15) is 0 Å². The van der Waals surface area contributed by atoms with Gasteiger partial charge in [0.15, 0.2) is 0 Å². The fourth-order valence-corrected chi connectivity index (χ4v) is 10.1. The van der Waals surface area contributed by atoms with E-state index in [1.165, 1.54) is 66.9 Å². The highest BCUT2D eigenvalue weighted by Crippen LogP contribution is 2.56. The van der Waals surface area contributed by atoms with Gasteiger partial charge in [-0.1, -0.05) is 107 Å². The predicted molar refractivity (Wildman–Crippen MR) is 171 cm³/mol. The SMILES string of the molecule is CC1(C)c2ccccc2-c2sc3c(I)cccc3c21.CC1(C)c2ccccc2-c2sc3ccccc3c21. The monoisotopic (exact) mass is 626 g/mol. The molecule has 2 aliphatic carbocycles. The zero-order chi connectivity index (χ0) is 25.5. The van der Waals surface area contributed by atoms with Crippen molar-refractivity contribution in [2.75, 3.05) is 0 Å². The van der Waals surface area contributed by atoms with Crippen molar-refractivity contribution in [1.29, 1.82) is 0 Å². The summed E-state index contributed by atoms with van der Waals surface area (Å²) in [7, 11) is 0. The lowest BCUT2D eigenvalue weighted by Crippen LogP contribution is -2.14. The normalized spacial score (nSPS) is 15.6. The van der Waals surface area contributed by atoms with Gasteiger partial charge in [0.25, 0.3) is 0 Å². The van der Waals surface area contributed by atoms with Crippen molar-refractivity contribution in [2.45, 2.75) is 38.5 Å². The van der Waals surface area contributed by atoms with E-state index in [0.717, 1.165) is 0 Å². The highest BCUT2D eigenvalue weighted by Gasteiger charge is 2.39. The first-order valence-electron chi connectivity index (χ1n) is 12.7. The molecular weight excluding hydrogens is 599 g/mol. The van der Waals surface area contributed by atoms with Gasteiger partial charge in [0.2, 0.25) is 0 Å². The van der Waals surface area contributed by atoms with E-state index in [9.17, 15) is 0 Å². The van der Waals surface area contributed by atoms with Crippen LogP contribution >= 0.6 is 45.3 Å². The van der Waals surface area contributed by atoms with E-state index < -0.39 is 0 Å². The molecular formula is C34H27IS2. The van der Waals surface area contributed by atoms with Crippen molar-refractivity contribution in [3.8, 4) is 20.9 Å². The quantitative estimate of drug-likeness (QED) is 0.147. The molecule has 0 aliphatic heterocycles. The van der Waals surface area contributed by atoms with Crippen LogP contribution < -0.4 is 0 Å². The van der Waals surface area contributed by atoms with Gasteiger partial charge in [-0.3, -0.25) is 0 Å². The van der Waals surface area contributed by atoms with Crippen molar-refractivity contribution in [3.05, 3.63) is 117 Å². The third-order valence-corrected chi connectivity index (χ3v) is 11.9. The molecule has 2 aromatic heterocycles. The second-order valence-corrected chi connectivity index (χ2v) is 14.3. The lowest BCUT2D eigenvalue weighted by molar-refractivity contribution is 0.667. The summed E-state index contributed by atoms with van der Waals surface area (Å²) in [6, 6.07) is 33.1. The maximum Gasteiger partial charge on any atom is 0.0486 e. The summed E-state index contributed by atoms with van der Waals surface area (Å²) in [6.45, 7) is 9.39. The Bertz CT molecular complexity index is 1850. The highest BCUT2D eigenvalue weighted by atomic mass is 127. The second kappa shape index (κ2) is 8.26. The number of hydrogen-bond acceptors (Lipinski definition) is 2. The van der Waals surface area contributed by atoms with Gasteiger partial charge in [-0.2, -0.15) is 0 Å². The van der Waals surface area contributed by atoms with Crippen LogP contribution in [0.25, 0.3) is 41.1 Å². The molecule has 0 unspecified atom stereocenters. The van der Waals surface area contributed by atoms with E-state index in [4.69, 9.17) is 0 Å². The average molecular weight is 627 g/mol. The number of halogens is 1. The van der Waals surface area contributed by atoms with Crippen molar-refractivity contribution >= 4 is 65.4 Å². The minimum absolute atomic E-state index is 0.120. The largest absolute Gasteiger partial charge is 0.135 e. The minimum atomic E-state index is 0.120. The Kier molecular flexibility index (Phi) is 5.28. The van der Waals surface area contributed by atoms with Crippen molar-refractivity contribution in [3.63, 3.8) is 0 Å². The Morgan fingerprint density at radius 3 is 1.73 bits per heavy atom. The molecule has 4 aromatic carbocycles. The second-order valence-electron chi connectivity index (χ2n) is 11.1. The van der Waals surface area contributed by atoms with Gasteiger partial charge < -0.3 is 0 Å². The predicted octanol–water partition coefficient (Wildman–Crippen LogP) is 11.0. The summed E-state index contributed by atoms with van der Waals surface area (Å²) in [5, 5.41) is 2.87. The molecule has 0 saturated carbocycles. The number of thiophene rings is 2. The van der Waals surface area contributed by atoms with Crippen LogP contribution in [0.15, 0.2) is 91.0 Å². The summed E-state index contributed by atoms with van der Waals surface area (Å²) in [4.78, 5) is 2.94. The zero-order valence-corrected chi connectivity index (χ0v) is 25.1. The smallest absolute Gasteiger partial charge is 0.0486 e. The van der Waals surface area contributed by atoms with Crippen LogP contribution in [-0.4, -0.2) is 0 Å². The van der Waals surface area contributed by atoms with E-state index in [-0.39, 0.29) is 10.8 Å². The van der Waals surface area contributed by atoms with Crippen molar-refractivity contribution in [2.24, 2.45) is 0 Å². The lowest BCUT2D eigenvalue weighted by Gasteiger charge is -2.21. The molecule has 0 saturated heterocycles. The molecule has 0 fully saturated rings. The number of fused-ring (bicyclic) bond motifs is 10. The van der Waals surface area contributed by atoms with Gasteiger partial charge in [-0.25, -0.2) is 0 Å². The van der Waals surface area contributed by atoms with Gasteiger partial charge in [0.05, 0.1) is 0 Å². The Hall–Kier alpha value is -2.47. The number of rotatable bonds is 0. The van der Waals surface area contributed by atoms with Crippen molar-refractivity contribution in [1.82, 2.24) is 0 Å². The van der Waals surface area contributed by atoms with E-state index in [1.807, 2.05) is 22.7 Å². The first kappa shape index (κ1) is 23.6. The molecule has 182 valence electrons. The molecule has 0 bridgehead atoms. The zero-order valence-electron chi connectivity index (χ0n) is 21.4. The highest BCUT2D eigenvalue weighted by molar-refractivity contribution is 14.1. The molecule has 0 N–H and O–H groups in total. The van der Waals surface area contributed by atoms with Gasteiger partial charge in [-0.05, 0) is 78.9 Å². The maximum atomic E-state index is 2.45. The molecule has 3 heteroatoms. The maximum absolute atomic E-state index is 2.45. The van der Waals surface area contributed by atoms with Crippen LogP contribution in [-0.2, 0) is 10.8 Å². The molecule has 2 heterocycles. The van der Waals surface area contributed by atoms with Crippen LogP contribution in [0.1, 0.15) is 49.9 Å². The molecule has 6 aromatic rings. The fourth-order valence-electron chi connectivity index (χ4n) is 6.47. The van der Waals surface area contributed by atoms with E-state index in [1.54, 1.807) is 0 Å². The van der Waals surface area contributed by atoms with E-state index >= 15 is 0 Å². The van der Waals surface area contributed by atoms with E-state index in [2.05, 4.69) is 141 Å². The number of hydrogen-bond donors (Lipinski definition) is 0. The fraction of sp³-hybridized carbons (Fsp3) is 0.176. The molecule has 0 nitrogen and oxygen atoms in total. The van der Waals surface area contributed by atoms with Crippen LogP contribution in [0.5, 0.6) is 0 Å². The molecule has 37 heavy (non-hydrogen) atoms. The third-order valence-electron chi connectivity index (χ3n) is 8.20. The van der Waals surface area contributed by atoms with Crippen LogP contribution in [0.3, 0.4) is 0 Å². The molecule has 8 rings (SSSR count). The molecule has 0 amide bonds. The first-order valence-corrected chi connectivity index (χ1v) is 15.4. The van der Waals surface area contributed by atoms with Crippen LogP contribution in [0.2, 0.25) is 0 Å². The van der Waals surface area contributed by atoms with Crippen molar-refractivity contribution < 1.29 is 0 Å². The Morgan fingerprint density at radius 2 is 1.05 bits per heavy atom. The minimum Gasteiger partial charge on any atom is -0.135 e. The summed E-state index contributed by atoms with van der Waals surface area (Å²) in [6.07, 6.45) is 0. The van der Waals surface area contributed by atoms with E-state index in [0.29, 0.717) is 0 Å². The number of benzene rings is 4. The Balaban J connectivity index is 0.000000125. The molecule has 0 spiro atoms. The molecule has 0 atom stereocenters. The van der Waals surface area contributed by atoms with Crippen LogP contribution in [0, 0.1) is 3.57 Å². The van der Waals surface area contributed by atoms with Crippen LogP contribution in [0.4, 0.5) is 0 Å². The van der Waals surface area contributed by atoms with Gasteiger partial charge >= 0.3 is 0 Å². The van der Waals surface area contributed by atoms with Gasteiger partial charge in [-0.15, -0.1) is 22.7 Å². The van der Waals surface area contributed by atoms with Gasteiger partial charge in [0, 0.05) is 33.6 Å².